The zero-order chi connectivity index (χ0) is 19.9. The third-order valence-electron chi connectivity index (χ3n) is 4.27. The van der Waals surface area contributed by atoms with Crippen LogP contribution in [-0.2, 0) is 4.79 Å². The van der Waals surface area contributed by atoms with Gasteiger partial charge in [-0.25, -0.2) is 0 Å². The van der Waals surface area contributed by atoms with Crippen LogP contribution in [0.4, 0.5) is 0 Å². The van der Waals surface area contributed by atoms with Crippen LogP contribution in [0.2, 0.25) is 0 Å². The highest BCUT2D eigenvalue weighted by atomic mass is 32.2. The smallest absolute Gasteiger partial charge is 0.232 e. The SMILES string of the molecule is Cc1ccc(-n2c(SCC(=O)N(C)CCC#N)nnc2-c2ccccc2)cc1. The molecule has 0 unspecified atom stereocenters. The van der Waals surface area contributed by atoms with Crippen LogP contribution in [0.5, 0.6) is 0 Å². The van der Waals surface area contributed by atoms with Crippen LogP contribution < -0.4 is 0 Å². The Morgan fingerprint density at radius 1 is 1.14 bits per heavy atom. The number of aryl methyl sites for hydroxylation is 1. The van der Waals surface area contributed by atoms with E-state index < -0.39 is 0 Å². The van der Waals surface area contributed by atoms with E-state index in [0.717, 1.165) is 17.1 Å². The van der Waals surface area contributed by atoms with E-state index in [-0.39, 0.29) is 11.7 Å². The Kier molecular flexibility index (Phi) is 6.45. The lowest BCUT2D eigenvalue weighted by Gasteiger charge is -2.15. The molecule has 1 aromatic heterocycles. The number of carbonyl (C=O) groups is 1. The van der Waals surface area contributed by atoms with E-state index in [2.05, 4.69) is 16.3 Å². The van der Waals surface area contributed by atoms with Gasteiger partial charge in [0.25, 0.3) is 0 Å². The van der Waals surface area contributed by atoms with Crippen LogP contribution in [0.25, 0.3) is 17.1 Å². The first-order chi connectivity index (χ1) is 13.6. The third kappa shape index (κ3) is 4.59. The number of thioether (sulfide) groups is 1. The molecule has 2 aromatic carbocycles. The van der Waals surface area contributed by atoms with E-state index in [1.807, 2.05) is 66.1 Å². The first-order valence-electron chi connectivity index (χ1n) is 8.91. The minimum absolute atomic E-state index is 0.0417. The van der Waals surface area contributed by atoms with Crippen molar-refractivity contribution < 1.29 is 4.79 Å². The van der Waals surface area contributed by atoms with Gasteiger partial charge < -0.3 is 4.90 Å². The molecule has 0 radical (unpaired) electrons. The highest BCUT2D eigenvalue weighted by Gasteiger charge is 2.18. The van der Waals surface area contributed by atoms with E-state index in [4.69, 9.17) is 5.26 Å². The predicted octanol–water partition coefficient (Wildman–Crippen LogP) is 3.71. The van der Waals surface area contributed by atoms with Crippen LogP contribution in [0.15, 0.2) is 59.8 Å². The maximum Gasteiger partial charge on any atom is 0.232 e. The summed E-state index contributed by atoms with van der Waals surface area (Å²) in [4.78, 5) is 13.9. The second-order valence-corrected chi connectivity index (χ2v) is 7.30. The molecule has 0 N–H and O–H groups in total. The summed E-state index contributed by atoms with van der Waals surface area (Å²) in [6.45, 7) is 2.47. The van der Waals surface area contributed by atoms with Crippen molar-refractivity contribution in [3.63, 3.8) is 0 Å². The van der Waals surface area contributed by atoms with Crippen molar-refractivity contribution in [2.24, 2.45) is 0 Å². The topological polar surface area (TPSA) is 74.8 Å². The predicted molar refractivity (Wildman–Crippen MR) is 110 cm³/mol. The van der Waals surface area contributed by atoms with Crippen molar-refractivity contribution in [3.8, 4) is 23.1 Å². The summed E-state index contributed by atoms with van der Waals surface area (Å²) in [5.74, 6) is 0.929. The number of nitrogens with zero attached hydrogens (tertiary/aromatic N) is 5. The zero-order valence-electron chi connectivity index (χ0n) is 15.9. The Labute approximate surface area is 168 Å². The number of benzene rings is 2. The van der Waals surface area contributed by atoms with Crippen LogP contribution >= 0.6 is 11.8 Å². The van der Waals surface area contributed by atoms with E-state index >= 15 is 0 Å². The normalized spacial score (nSPS) is 10.5. The number of aromatic nitrogens is 3. The van der Waals surface area contributed by atoms with E-state index in [9.17, 15) is 4.79 Å². The maximum absolute atomic E-state index is 12.3. The van der Waals surface area contributed by atoms with Gasteiger partial charge in [-0.1, -0.05) is 59.8 Å². The fourth-order valence-corrected chi connectivity index (χ4v) is 3.54. The molecule has 142 valence electrons. The van der Waals surface area contributed by atoms with Crippen molar-refractivity contribution in [2.75, 3.05) is 19.3 Å². The molecule has 28 heavy (non-hydrogen) atoms. The van der Waals surface area contributed by atoms with E-state index in [0.29, 0.717) is 18.1 Å². The van der Waals surface area contributed by atoms with Gasteiger partial charge in [-0.3, -0.25) is 9.36 Å². The van der Waals surface area contributed by atoms with Gasteiger partial charge in [-0.15, -0.1) is 10.2 Å². The van der Waals surface area contributed by atoms with Crippen molar-refractivity contribution >= 4 is 17.7 Å². The first kappa shape index (κ1) is 19.6. The number of carbonyl (C=O) groups excluding carboxylic acids is 1. The molecule has 1 amide bonds. The second kappa shape index (κ2) is 9.20. The molecule has 3 rings (SSSR count). The van der Waals surface area contributed by atoms with Gasteiger partial charge in [0.05, 0.1) is 18.2 Å². The van der Waals surface area contributed by atoms with Gasteiger partial charge in [0.15, 0.2) is 11.0 Å². The molecule has 0 aliphatic carbocycles. The summed E-state index contributed by atoms with van der Waals surface area (Å²) in [6.07, 6.45) is 0.324. The lowest BCUT2D eigenvalue weighted by molar-refractivity contribution is -0.127. The number of hydrogen-bond acceptors (Lipinski definition) is 5. The summed E-state index contributed by atoms with van der Waals surface area (Å²) in [5.41, 5.74) is 3.07. The standard InChI is InChI=1S/C21H21N5OS/c1-16-9-11-18(12-10-16)26-20(17-7-4-3-5-8-17)23-24-21(26)28-15-19(27)25(2)14-6-13-22/h3-5,7-12H,6,14-15H2,1-2H3. The fourth-order valence-electron chi connectivity index (χ4n) is 2.64. The summed E-state index contributed by atoms with van der Waals surface area (Å²) in [7, 11) is 1.71. The average Bonchev–Trinajstić information content (AvgIpc) is 3.15. The number of hydrogen-bond donors (Lipinski definition) is 0. The largest absolute Gasteiger partial charge is 0.344 e. The van der Waals surface area contributed by atoms with Crippen molar-refractivity contribution in [1.82, 2.24) is 19.7 Å². The van der Waals surface area contributed by atoms with Gasteiger partial charge in [0.1, 0.15) is 0 Å². The highest BCUT2D eigenvalue weighted by Crippen LogP contribution is 2.28. The fraction of sp³-hybridized carbons (Fsp3) is 0.238. The van der Waals surface area contributed by atoms with Crippen LogP contribution in [0, 0.1) is 18.3 Å². The molecule has 0 aliphatic rings. The van der Waals surface area contributed by atoms with Crippen LogP contribution in [0.1, 0.15) is 12.0 Å². The Bertz CT molecular complexity index is 976. The molecule has 6 nitrogen and oxygen atoms in total. The number of amides is 1. The van der Waals surface area contributed by atoms with Crippen LogP contribution in [0.3, 0.4) is 0 Å². The van der Waals surface area contributed by atoms with Gasteiger partial charge in [-0.2, -0.15) is 5.26 Å². The quantitative estimate of drug-likeness (QED) is 0.574. The van der Waals surface area contributed by atoms with Crippen molar-refractivity contribution in [2.45, 2.75) is 18.5 Å². The van der Waals surface area contributed by atoms with Crippen molar-refractivity contribution in [1.29, 1.82) is 5.26 Å². The number of rotatable bonds is 7. The van der Waals surface area contributed by atoms with Gasteiger partial charge in [-0.05, 0) is 19.1 Å². The summed E-state index contributed by atoms with van der Waals surface area (Å²) < 4.78 is 1.97. The molecule has 0 fully saturated rings. The molecule has 0 saturated carbocycles. The van der Waals surface area contributed by atoms with Crippen molar-refractivity contribution in [3.05, 3.63) is 60.2 Å². The Hall–Kier alpha value is -3.11. The lowest BCUT2D eigenvalue weighted by Crippen LogP contribution is -2.29. The Morgan fingerprint density at radius 2 is 1.86 bits per heavy atom. The van der Waals surface area contributed by atoms with Gasteiger partial charge in [0, 0.05) is 24.8 Å². The third-order valence-corrected chi connectivity index (χ3v) is 5.18. The number of nitriles is 1. The summed E-state index contributed by atoms with van der Waals surface area (Å²) in [5, 5.41) is 18.1. The summed E-state index contributed by atoms with van der Waals surface area (Å²) >= 11 is 1.35. The zero-order valence-corrected chi connectivity index (χ0v) is 16.7. The molecular weight excluding hydrogens is 370 g/mol. The Balaban J connectivity index is 1.89. The molecule has 7 heteroatoms. The molecule has 3 aromatic rings. The molecule has 0 bridgehead atoms. The average molecular weight is 392 g/mol. The minimum atomic E-state index is -0.0417. The van der Waals surface area contributed by atoms with E-state index in [1.54, 1.807) is 11.9 Å². The highest BCUT2D eigenvalue weighted by molar-refractivity contribution is 7.99. The second-order valence-electron chi connectivity index (χ2n) is 6.36. The van der Waals surface area contributed by atoms with Crippen LogP contribution in [-0.4, -0.2) is 44.9 Å². The molecule has 0 atom stereocenters. The minimum Gasteiger partial charge on any atom is -0.344 e. The van der Waals surface area contributed by atoms with Gasteiger partial charge in [0.2, 0.25) is 5.91 Å². The van der Waals surface area contributed by atoms with Gasteiger partial charge >= 0.3 is 0 Å². The maximum atomic E-state index is 12.3. The monoisotopic (exact) mass is 391 g/mol. The molecule has 0 aliphatic heterocycles. The molecule has 0 spiro atoms. The Morgan fingerprint density at radius 3 is 2.54 bits per heavy atom. The first-order valence-corrected chi connectivity index (χ1v) is 9.90. The molecule has 0 saturated heterocycles. The van der Waals surface area contributed by atoms with E-state index in [1.165, 1.54) is 17.3 Å². The summed E-state index contributed by atoms with van der Waals surface area (Å²) in [6, 6.07) is 20.1. The molecular formula is C21H21N5OS. The lowest BCUT2D eigenvalue weighted by atomic mass is 10.2. The molecule has 1 heterocycles.